The SMILES string of the molecule is c1ccc(-c2cc(-c3nc(-c4ccc5ccccc5c4)nc(-c4cccc5oc6ccccc6c45)n3)cc3ccc4ccccc4c23)cc1.c1ccc(-c2ccc(-c3nc(-c4ccc5c(c4)c(-c4ccccc4)cc4ccccc45)nc(-c4cccc5oc6ccccc6c45)n3)cc2)cc1.c1ccc2c(c1)ccc1c(-c3nc(-c4cccc5oc6ccccc6c45)nc(-c4cccc5oc6ccccc6c45)n3)cccc12. The van der Waals surface area contributed by atoms with Gasteiger partial charge in [-0.25, -0.2) is 44.9 Å². The smallest absolute Gasteiger partial charge is 0.164 e. The van der Waals surface area contributed by atoms with E-state index in [0.29, 0.717) is 52.4 Å². The van der Waals surface area contributed by atoms with Gasteiger partial charge < -0.3 is 17.7 Å². The standard InChI is InChI=1S/C47H29N3O.C45H27N3O.C41H23N3O2/c1-3-12-30(13-4-1)31-22-24-33(25-23-31)45-48-46(50-47(49-45)39-19-11-21-43-44(39)38-18-9-10-20-42(38)51-43)35-26-27-37-36-17-8-7-16-34(36)28-40(41(37)29-35)32-14-5-2-6-15-32;1-2-12-29(13-3-1)38-27-34(26-32-23-22-30-14-6-7-16-35(30)41(32)38)44-46-43(33-24-21-28-11-4-5-15-31(28)25-33)47-45(48-44)37-18-10-20-40-42(37)36-17-8-9-19-39(36)49-40;1-2-11-25-24(10-1)22-23-27-26(25)14-7-15-28(27)39-42-40(31-16-8-20-35-37(31)29-12-3-5-18-33(29)45-35)44-41(43-39)32-17-9-21-36-38(32)30-13-4-6-19-34(30)46-36/h1-29H;1-27H;1-23H. The molecule has 0 saturated carbocycles. The summed E-state index contributed by atoms with van der Waals surface area (Å²) in [6.07, 6.45) is 0. The molecule has 0 radical (unpaired) electrons. The van der Waals surface area contributed by atoms with Crippen LogP contribution in [0, 0.1) is 0 Å². The van der Waals surface area contributed by atoms with Gasteiger partial charge in [-0.2, -0.15) is 0 Å². The summed E-state index contributed by atoms with van der Waals surface area (Å²) >= 11 is 0. The molecule has 0 aliphatic rings. The Labute approximate surface area is 835 Å². The molecule has 0 aliphatic heterocycles. The predicted octanol–water partition coefficient (Wildman–Crippen LogP) is 35.3. The van der Waals surface area contributed by atoms with E-state index in [0.717, 1.165) is 187 Å². The lowest BCUT2D eigenvalue weighted by atomic mass is 9.91. The van der Waals surface area contributed by atoms with Gasteiger partial charge in [0.15, 0.2) is 52.4 Å². The summed E-state index contributed by atoms with van der Waals surface area (Å²) in [6.45, 7) is 0. The minimum absolute atomic E-state index is 0.583. The van der Waals surface area contributed by atoms with Gasteiger partial charge >= 0.3 is 0 Å². The second kappa shape index (κ2) is 35.2. The van der Waals surface area contributed by atoms with Crippen LogP contribution in [-0.4, -0.2) is 44.9 Å². The first-order valence-electron chi connectivity index (χ1n) is 48.8. The molecule has 0 saturated heterocycles. The molecule has 30 aromatic rings. The molecule has 146 heavy (non-hydrogen) atoms. The van der Waals surface area contributed by atoms with Gasteiger partial charge in [0.2, 0.25) is 0 Å². The van der Waals surface area contributed by atoms with Crippen LogP contribution in [0.15, 0.2) is 497 Å². The maximum absolute atomic E-state index is 6.27. The first-order valence-corrected chi connectivity index (χ1v) is 48.8. The number of furan rings is 4. The first kappa shape index (κ1) is 84.2. The monoisotopic (exact) mass is 1870 g/mol. The van der Waals surface area contributed by atoms with Crippen LogP contribution in [0.3, 0.4) is 0 Å². The second-order valence-electron chi connectivity index (χ2n) is 36.8. The lowest BCUT2D eigenvalue weighted by Gasteiger charge is -2.14. The number of para-hydroxylation sites is 4. The van der Waals surface area contributed by atoms with Gasteiger partial charge in [0.05, 0.1) is 0 Å². The van der Waals surface area contributed by atoms with E-state index in [2.05, 4.69) is 352 Å². The molecular weight excluding hydrogens is 1790 g/mol. The number of hydrogen-bond donors (Lipinski definition) is 0. The molecule has 0 fully saturated rings. The first-order chi connectivity index (χ1) is 72.3. The van der Waals surface area contributed by atoms with Crippen LogP contribution < -0.4 is 0 Å². The average molecular weight is 1870 g/mol. The summed E-state index contributed by atoms with van der Waals surface area (Å²) in [7, 11) is 0. The number of benzene rings is 23. The average Bonchev–Trinajstić information content (AvgIpc) is 1.04. The van der Waals surface area contributed by atoms with Gasteiger partial charge in [-0.05, 0) is 188 Å². The van der Waals surface area contributed by atoms with Gasteiger partial charge in [-0.3, -0.25) is 0 Å². The molecule has 0 spiro atoms. The molecule has 680 valence electrons. The molecule has 23 aromatic carbocycles. The van der Waals surface area contributed by atoms with Gasteiger partial charge in [0.25, 0.3) is 0 Å². The van der Waals surface area contributed by atoms with Crippen LogP contribution in [0.25, 0.3) is 299 Å². The molecule has 0 amide bonds. The normalized spacial score (nSPS) is 11.7. The fourth-order valence-electron chi connectivity index (χ4n) is 21.3. The Hall–Kier alpha value is -19.9. The van der Waals surface area contributed by atoms with Crippen LogP contribution >= 0.6 is 0 Å². The third kappa shape index (κ3) is 14.8. The summed E-state index contributed by atoms with van der Waals surface area (Å²) in [4.78, 5) is 46.7. The molecule has 0 atom stereocenters. The zero-order chi connectivity index (χ0) is 96.2. The van der Waals surface area contributed by atoms with E-state index in [1.165, 1.54) is 59.6 Å². The highest BCUT2D eigenvalue weighted by atomic mass is 16.3. The molecular formula is C133H79N9O4. The van der Waals surface area contributed by atoms with E-state index in [1.807, 2.05) is 127 Å². The van der Waals surface area contributed by atoms with Crippen molar-refractivity contribution in [3.63, 3.8) is 0 Å². The molecule has 13 heteroatoms. The Morgan fingerprint density at radius 2 is 0.404 bits per heavy atom. The third-order valence-electron chi connectivity index (χ3n) is 28.2. The van der Waals surface area contributed by atoms with E-state index in [-0.39, 0.29) is 0 Å². The van der Waals surface area contributed by atoms with Crippen molar-refractivity contribution in [1.82, 2.24) is 44.9 Å². The highest BCUT2D eigenvalue weighted by Crippen LogP contribution is 2.47. The third-order valence-corrected chi connectivity index (χ3v) is 28.2. The molecule has 0 N–H and O–H groups in total. The van der Waals surface area contributed by atoms with Crippen LogP contribution in [0.4, 0.5) is 0 Å². The molecule has 7 aromatic heterocycles. The number of nitrogens with zero attached hydrogens (tertiary/aromatic N) is 9. The number of rotatable bonds is 12. The summed E-state index contributed by atoms with van der Waals surface area (Å²) in [6, 6.07) is 166. The van der Waals surface area contributed by atoms with E-state index in [1.54, 1.807) is 0 Å². The molecule has 0 bridgehead atoms. The van der Waals surface area contributed by atoms with Gasteiger partial charge in [0.1, 0.15) is 44.7 Å². The van der Waals surface area contributed by atoms with Crippen LogP contribution in [0.1, 0.15) is 0 Å². The molecule has 30 rings (SSSR count). The van der Waals surface area contributed by atoms with Crippen molar-refractivity contribution >= 4 is 163 Å². The highest BCUT2D eigenvalue weighted by molar-refractivity contribution is 6.20. The van der Waals surface area contributed by atoms with Gasteiger partial charge in [-0.1, -0.05) is 400 Å². The molecule has 7 heterocycles. The fraction of sp³-hybridized carbons (Fsp3) is 0. The quantitative estimate of drug-likeness (QED) is 0.106. The Bertz CT molecular complexity index is 10400. The van der Waals surface area contributed by atoms with E-state index >= 15 is 0 Å². The summed E-state index contributed by atoms with van der Waals surface area (Å²) < 4.78 is 25.0. The van der Waals surface area contributed by atoms with Gasteiger partial charge in [-0.15, -0.1) is 0 Å². The van der Waals surface area contributed by atoms with Crippen molar-refractivity contribution in [1.29, 1.82) is 0 Å². The number of aromatic nitrogens is 9. The van der Waals surface area contributed by atoms with Crippen LogP contribution in [-0.2, 0) is 0 Å². The lowest BCUT2D eigenvalue weighted by molar-refractivity contribution is 0.668. The summed E-state index contributed by atoms with van der Waals surface area (Å²) in [5, 5.41) is 24.5. The largest absolute Gasteiger partial charge is 0.456 e. The van der Waals surface area contributed by atoms with Crippen molar-refractivity contribution in [2.45, 2.75) is 0 Å². The Morgan fingerprint density at radius 1 is 0.110 bits per heavy atom. The zero-order valence-corrected chi connectivity index (χ0v) is 78.3. The predicted molar refractivity (Wildman–Crippen MR) is 596 cm³/mol. The maximum Gasteiger partial charge on any atom is 0.164 e. The minimum atomic E-state index is 0.583. The number of fused-ring (bicyclic) bond motifs is 22. The number of hydrogen-bond acceptors (Lipinski definition) is 13. The topological polar surface area (TPSA) is 169 Å². The molecule has 0 aliphatic carbocycles. The van der Waals surface area contributed by atoms with E-state index in [9.17, 15) is 0 Å². The maximum atomic E-state index is 6.27. The van der Waals surface area contributed by atoms with Crippen molar-refractivity contribution in [3.05, 3.63) is 479 Å². The van der Waals surface area contributed by atoms with E-state index in [4.69, 9.17) is 62.5 Å². The van der Waals surface area contributed by atoms with Crippen molar-refractivity contribution in [3.8, 4) is 136 Å². The zero-order valence-electron chi connectivity index (χ0n) is 78.3. The van der Waals surface area contributed by atoms with Crippen molar-refractivity contribution < 1.29 is 17.7 Å². The molecule has 0 unspecified atom stereocenters. The Kier molecular flexibility index (Phi) is 20.3. The molecule has 13 nitrogen and oxygen atoms in total. The second-order valence-corrected chi connectivity index (χ2v) is 36.8. The van der Waals surface area contributed by atoms with Gasteiger partial charge in [0, 0.05) is 93.2 Å². The Balaban J connectivity index is 0.000000106. The fourth-order valence-corrected chi connectivity index (χ4v) is 21.3. The highest BCUT2D eigenvalue weighted by Gasteiger charge is 2.27. The van der Waals surface area contributed by atoms with Crippen molar-refractivity contribution in [2.24, 2.45) is 0 Å². The lowest BCUT2D eigenvalue weighted by Crippen LogP contribution is -2.01. The summed E-state index contributed by atoms with van der Waals surface area (Å²) in [5.41, 5.74) is 21.7. The summed E-state index contributed by atoms with van der Waals surface area (Å²) in [5.74, 6) is 5.43. The van der Waals surface area contributed by atoms with E-state index < -0.39 is 0 Å². The Morgan fingerprint density at radius 3 is 0.918 bits per heavy atom. The van der Waals surface area contributed by atoms with Crippen LogP contribution in [0.2, 0.25) is 0 Å². The van der Waals surface area contributed by atoms with Crippen LogP contribution in [0.5, 0.6) is 0 Å². The minimum Gasteiger partial charge on any atom is -0.456 e. The van der Waals surface area contributed by atoms with Crippen molar-refractivity contribution in [2.75, 3.05) is 0 Å².